The molecule has 4 rings (SSSR count). The first-order chi connectivity index (χ1) is 14.0. The van der Waals surface area contributed by atoms with Gasteiger partial charge in [-0.1, -0.05) is 12.1 Å². The zero-order chi connectivity index (χ0) is 20.4. The molecular formula is C22H22N4O3. The van der Waals surface area contributed by atoms with Gasteiger partial charge >= 0.3 is 0 Å². The quantitative estimate of drug-likeness (QED) is 0.731. The van der Waals surface area contributed by atoms with Crippen LogP contribution in [0.4, 0.5) is 5.69 Å². The van der Waals surface area contributed by atoms with E-state index in [0.29, 0.717) is 28.6 Å². The summed E-state index contributed by atoms with van der Waals surface area (Å²) in [6.07, 6.45) is 2.04. The molecule has 1 aliphatic heterocycles. The molecule has 148 valence electrons. The van der Waals surface area contributed by atoms with E-state index in [2.05, 4.69) is 15.5 Å². The number of nitrogens with zero attached hydrogens (tertiary/aromatic N) is 3. The van der Waals surface area contributed by atoms with Crippen molar-refractivity contribution in [3.05, 3.63) is 65.0 Å². The van der Waals surface area contributed by atoms with Crippen LogP contribution in [0, 0.1) is 13.8 Å². The molecule has 0 saturated carbocycles. The topological polar surface area (TPSA) is 88.3 Å². The molecule has 7 heteroatoms. The molecule has 29 heavy (non-hydrogen) atoms. The summed E-state index contributed by atoms with van der Waals surface area (Å²) < 4.78 is 5.40. The van der Waals surface area contributed by atoms with Crippen LogP contribution in [-0.2, 0) is 0 Å². The average Bonchev–Trinajstić information content (AvgIpc) is 3.40. The van der Waals surface area contributed by atoms with Crippen molar-refractivity contribution in [2.75, 3.05) is 18.4 Å². The molecule has 7 nitrogen and oxygen atoms in total. The Morgan fingerprint density at radius 3 is 2.38 bits per heavy atom. The first-order valence-corrected chi connectivity index (χ1v) is 9.64. The number of rotatable bonds is 4. The summed E-state index contributed by atoms with van der Waals surface area (Å²) in [5.74, 6) is 0.584. The fourth-order valence-electron chi connectivity index (χ4n) is 3.51. The molecule has 0 atom stereocenters. The molecule has 3 aromatic rings. The lowest BCUT2D eigenvalue weighted by molar-refractivity contribution is 0.0793. The van der Waals surface area contributed by atoms with E-state index < -0.39 is 0 Å². The van der Waals surface area contributed by atoms with Crippen LogP contribution in [0.25, 0.3) is 11.5 Å². The van der Waals surface area contributed by atoms with E-state index in [0.717, 1.165) is 37.1 Å². The maximum Gasteiger partial charge on any atom is 0.256 e. The number of anilines is 1. The van der Waals surface area contributed by atoms with Crippen LogP contribution in [0.1, 0.15) is 45.0 Å². The highest BCUT2D eigenvalue weighted by Crippen LogP contribution is 2.25. The molecule has 0 unspecified atom stereocenters. The summed E-state index contributed by atoms with van der Waals surface area (Å²) in [5, 5.41) is 10.7. The number of carbonyl (C=O) groups excluding carboxylic acids is 2. The van der Waals surface area contributed by atoms with Crippen molar-refractivity contribution in [2.45, 2.75) is 26.7 Å². The van der Waals surface area contributed by atoms with Crippen LogP contribution >= 0.6 is 0 Å². The molecule has 0 spiro atoms. The Bertz CT molecular complexity index is 1050. The van der Waals surface area contributed by atoms with Crippen molar-refractivity contribution in [1.82, 2.24) is 15.1 Å². The zero-order valence-corrected chi connectivity index (χ0v) is 16.4. The third kappa shape index (κ3) is 3.89. The van der Waals surface area contributed by atoms with E-state index in [4.69, 9.17) is 4.42 Å². The van der Waals surface area contributed by atoms with Gasteiger partial charge in [-0.25, -0.2) is 0 Å². The highest BCUT2D eigenvalue weighted by Gasteiger charge is 2.24. The minimum Gasteiger partial charge on any atom is -0.421 e. The Labute approximate surface area is 168 Å². The van der Waals surface area contributed by atoms with Gasteiger partial charge in [-0.3, -0.25) is 9.59 Å². The van der Waals surface area contributed by atoms with Crippen molar-refractivity contribution < 1.29 is 14.0 Å². The molecule has 1 aromatic heterocycles. The molecule has 1 saturated heterocycles. The minimum atomic E-state index is -0.278. The predicted octanol–water partition coefficient (Wildman–Crippen LogP) is 3.84. The van der Waals surface area contributed by atoms with Gasteiger partial charge in [0.15, 0.2) is 0 Å². The van der Waals surface area contributed by atoms with Gasteiger partial charge in [0.2, 0.25) is 11.8 Å². The Kier molecular flexibility index (Phi) is 5.12. The first kappa shape index (κ1) is 18.9. The number of aromatic nitrogens is 2. The zero-order valence-electron chi connectivity index (χ0n) is 16.4. The van der Waals surface area contributed by atoms with E-state index in [9.17, 15) is 9.59 Å². The second-order valence-corrected chi connectivity index (χ2v) is 7.15. The SMILES string of the molecule is Cc1nnc(-c2ccc(C(=O)Nc3cccc(C)c3C(=O)N3CCCC3)cc2)o1. The second-order valence-electron chi connectivity index (χ2n) is 7.15. The van der Waals surface area contributed by atoms with Crippen molar-refractivity contribution in [2.24, 2.45) is 0 Å². The summed E-state index contributed by atoms with van der Waals surface area (Å²) in [6.45, 7) is 5.13. The second kappa shape index (κ2) is 7.87. The fraction of sp³-hybridized carbons (Fsp3) is 0.273. The molecule has 2 amide bonds. The van der Waals surface area contributed by atoms with Crippen LogP contribution in [-0.4, -0.2) is 40.0 Å². The molecule has 2 heterocycles. The van der Waals surface area contributed by atoms with E-state index in [1.54, 1.807) is 37.3 Å². The van der Waals surface area contributed by atoms with Gasteiger partial charge in [0.05, 0.1) is 11.3 Å². The number of carbonyl (C=O) groups is 2. The maximum absolute atomic E-state index is 13.0. The smallest absolute Gasteiger partial charge is 0.256 e. The van der Waals surface area contributed by atoms with Crippen LogP contribution in [0.2, 0.25) is 0 Å². The average molecular weight is 390 g/mol. The van der Waals surface area contributed by atoms with Gasteiger partial charge in [-0.05, 0) is 55.7 Å². The monoisotopic (exact) mass is 390 g/mol. The normalized spacial score (nSPS) is 13.5. The molecule has 2 aromatic carbocycles. The Morgan fingerprint density at radius 1 is 1.00 bits per heavy atom. The van der Waals surface area contributed by atoms with Crippen molar-refractivity contribution in [3.8, 4) is 11.5 Å². The first-order valence-electron chi connectivity index (χ1n) is 9.64. The molecule has 0 aliphatic carbocycles. The van der Waals surface area contributed by atoms with Crippen molar-refractivity contribution >= 4 is 17.5 Å². The predicted molar refractivity (Wildman–Crippen MR) is 109 cm³/mol. The van der Waals surface area contributed by atoms with Gasteiger partial charge in [0, 0.05) is 31.1 Å². The third-order valence-corrected chi connectivity index (χ3v) is 5.05. The Hall–Kier alpha value is -3.48. The van der Waals surface area contributed by atoms with E-state index >= 15 is 0 Å². The number of amides is 2. The highest BCUT2D eigenvalue weighted by atomic mass is 16.4. The number of likely N-dealkylation sites (tertiary alicyclic amines) is 1. The largest absolute Gasteiger partial charge is 0.421 e. The lowest BCUT2D eigenvalue weighted by Crippen LogP contribution is -2.29. The standard InChI is InChI=1S/C22H22N4O3/c1-14-6-5-7-18(19(14)22(28)26-12-3-4-13-26)23-20(27)16-8-10-17(11-9-16)21-25-24-15(2)29-21/h5-11H,3-4,12-13H2,1-2H3,(H,23,27). The number of nitrogens with one attached hydrogen (secondary N) is 1. The number of hydrogen-bond acceptors (Lipinski definition) is 5. The van der Waals surface area contributed by atoms with Crippen molar-refractivity contribution in [1.29, 1.82) is 0 Å². The van der Waals surface area contributed by atoms with Crippen LogP contribution in [0.15, 0.2) is 46.9 Å². The van der Waals surface area contributed by atoms with E-state index in [-0.39, 0.29) is 11.8 Å². The maximum atomic E-state index is 13.0. The summed E-state index contributed by atoms with van der Waals surface area (Å²) in [7, 11) is 0. The van der Waals surface area contributed by atoms with Gasteiger partial charge in [-0.15, -0.1) is 10.2 Å². The number of benzene rings is 2. The van der Waals surface area contributed by atoms with Crippen LogP contribution in [0.3, 0.4) is 0 Å². The molecular weight excluding hydrogens is 368 g/mol. The van der Waals surface area contributed by atoms with Gasteiger partial charge in [0.25, 0.3) is 11.8 Å². The van der Waals surface area contributed by atoms with Gasteiger partial charge in [-0.2, -0.15) is 0 Å². The highest BCUT2D eigenvalue weighted by molar-refractivity contribution is 6.09. The molecule has 1 aliphatic rings. The lowest BCUT2D eigenvalue weighted by Gasteiger charge is -2.19. The van der Waals surface area contributed by atoms with E-state index in [1.165, 1.54) is 0 Å². The summed E-state index contributed by atoms with van der Waals surface area (Å²) in [5.41, 5.74) is 3.15. The molecule has 0 radical (unpaired) electrons. The molecule has 1 N–H and O–H groups in total. The Balaban J connectivity index is 1.55. The lowest BCUT2D eigenvalue weighted by atomic mass is 10.0. The number of aryl methyl sites for hydroxylation is 2. The van der Waals surface area contributed by atoms with Gasteiger partial charge < -0.3 is 14.6 Å². The Morgan fingerprint density at radius 2 is 1.72 bits per heavy atom. The van der Waals surface area contributed by atoms with Crippen molar-refractivity contribution in [3.63, 3.8) is 0 Å². The summed E-state index contributed by atoms with van der Waals surface area (Å²) in [6, 6.07) is 12.4. The molecule has 1 fully saturated rings. The number of hydrogen-bond donors (Lipinski definition) is 1. The van der Waals surface area contributed by atoms with Gasteiger partial charge in [0.1, 0.15) is 0 Å². The third-order valence-electron chi connectivity index (χ3n) is 5.05. The van der Waals surface area contributed by atoms with Crippen LogP contribution in [0.5, 0.6) is 0 Å². The molecule has 0 bridgehead atoms. The van der Waals surface area contributed by atoms with Crippen LogP contribution < -0.4 is 5.32 Å². The minimum absolute atomic E-state index is 0.0296. The van der Waals surface area contributed by atoms with E-state index in [1.807, 2.05) is 24.0 Å². The summed E-state index contributed by atoms with van der Waals surface area (Å²) >= 11 is 0. The summed E-state index contributed by atoms with van der Waals surface area (Å²) in [4.78, 5) is 27.6. The fourth-order valence-corrected chi connectivity index (χ4v) is 3.51.